The number of rotatable bonds is 5. The van der Waals surface area contributed by atoms with Gasteiger partial charge in [-0.1, -0.05) is 6.07 Å². The number of ether oxygens (including phenoxy) is 1. The third-order valence-electron chi connectivity index (χ3n) is 2.42. The van der Waals surface area contributed by atoms with E-state index in [0.29, 0.717) is 13.2 Å². The van der Waals surface area contributed by atoms with Crippen molar-refractivity contribution in [2.24, 2.45) is 5.73 Å². The fraction of sp³-hybridized carbons (Fsp3) is 0.231. The molecule has 4 heteroatoms. The zero-order chi connectivity index (χ0) is 11.9. The van der Waals surface area contributed by atoms with Crippen molar-refractivity contribution >= 4 is 0 Å². The van der Waals surface area contributed by atoms with Crippen molar-refractivity contribution in [2.45, 2.75) is 13.0 Å². The summed E-state index contributed by atoms with van der Waals surface area (Å²) in [6.45, 7) is 1.03. The molecule has 2 N–H and O–H groups in total. The number of pyridine rings is 2. The monoisotopic (exact) mass is 229 g/mol. The third-order valence-corrected chi connectivity index (χ3v) is 2.42. The van der Waals surface area contributed by atoms with E-state index in [1.807, 2.05) is 24.3 Å². The second-order valence-electron chi connectivity index (χ2n) is 3.61. The van der Waals surface area contributed by atoms with Crippen molar-refractivity contribution in [1.82, 2.24) is 9.97 Å². The van der Waals surface area contributed by atoms with E-state index < -0.39 is 0 Å². The zero-order valence-corrected chi connectivity index (χ0v) is 9.54. The normalized spacial score (nSPS) is 10.2. The second kappa shape index (κ2) is 5.96. The Morgan fingerprint density at radius 3 is 2.88 bits per heavy atom. The van der Waals surface area contributed by atoms with Gasteiger partial charge in [0.2, 0.25) is 0 Å². The van der Waals surface area contributed by atoms with Crippen molar-refractivity contribution in [2.75, 3.05) is 6.61 Å². The van der Waals surface area contributed by atoms with Gasteiger partial charge in [0.1, 0.15) is 5.75 Å². The average Bonchev–Trinajstić information content (AvgIpc) is 2.40. The summed E-state index contributed by atoms with van der Waals surface area (Å²) in [5, 5.41) is 0. The highest BCUT2D eigenvalue weighted by molar-refractivity contribution is 5.29. The van der Waals surface area contributed by atoms with Crippen molar-refractivity contribution < 1.29 is 4.74 Å². The van der Waals surface area contributed by atoms with E-state index >= 15 is 0 Å². The standard InChI is InChI=1S/C13H15N3O/c14-9-11-10-15-7-4-13(11)17-8-5-12-3-1-2-6-16-12/h1-4,6-7,10H,5,8-9,14H2. The van der Waals surface area contributed by atoms with Crippen LogP contribution in [-0.2, 0) is 13.0 Å². The van der Waals surface area contributed by atoms with Crippen LogP contribution >= 0.6 is 0 Å². The molecule has 4 nitrogen and oxygen atoms in total. The molecule has 0 aliphatic rings. The van der Waals surface area contributed by atoms with Gasteiger partial charge in [0, 0.05) is 42.8 Å². The lowest BCUT2D eigenvalue weighted by Gasteiger charge is -2.09. The third kappa shape index (κ3) is 3.26. The predicted octanol–water partition coefficient (Wildman–Crippen LogP) is 1.56. The Morgan fingerprint density at radius 1 is 1.18 bits per heavy atom. The van der Waals surface area contributed by atoms with E-state index in [1.54, 1.807) is 18.6 Å². The lowest BCUT2D eigenvalue weighted by molar-refractivity contribution is 0.317. The number of nitrogens with two attached hydrogens (primary N) is 1. The molecular weight excluding hydrogens is 214 g/mol. The van der Waals surface area contributed by atoms with Gasteiger partial charge in [0.15, 0.2) is 0 Å². The molecule has 17 heavy (non-hydrogen) atoms. The van der Waals surface area contributed by atoms with Gasteiger partial charge in [-0.25, -0.2) is 0 Å². The molecule has 0 aliphatic heterocycles. The lowest BCUT2D eigenvalue weighted by Crippen LogP contribution is -2.06. The Labute approximate surface area is 100 Å². The number of nitrogens with zero attached hydrogens (tertiary/aromatic N) is 2. The van der Waals surface area contributed by atoms with Crippen molar-refractivity contribution in [3.63, 3.8) is 0 Å². The summed E-state index contributed by atoms with van der Waals surface area (Å²) in [7, 11) is 0. The molecule has 0 bridgehead atoms. The molecule has 88 valence electrons. The summed E-state index contributed by atoms with van der Waals surface area (Å²) < 4.78 is 5.67. The molecule has 0 saturated heterocycles. The minimum Gasteiger partial charge on any atom is -0.493 e. The number of hydrogen-bond donors (Lipinski definition) is 1. The maximum Gasteiger partial charge on any atom is 0.126 e. The van der Waals surface area contributed by atoms with Crippen molar-refractivity contribution in [3.8, 4) is 5.75 Å². The van der Waals surface area contributed by atoms with Crippen molar-refractivity contribution in [1.29, 1.82) is 0 Å². The predicted molar refractivity (Wildman–Crippen MR) is 65.6 cm³/mol. The maximum absolute atomic E-state index is 5.67. The number of aromatic nitrogens is 2. The molecule has 0 aromatic carbocycles. The summed E-state index contributed by atoms with van der Waals surface area (Å²) in [6.07, 6.45) is 6.01. The van der Waals surface area contributed by atoms with E-state index in [1.165, 1.54) is 0 Å². The second-order valence-corrected chi connectivity index (χ2v) is 3.61. The molecule has 2 aromatic rings. The van der Waals surface area contributed by atoms with Gasteiger partial charge in [0.05, 0.1) is 6.61 Å². The summed E-state index contributed by atoms with van der Waals surface area (Å²) >= 11 is 0. The first-order valence-electron chi connectivity index (χ1n) is 5.56. The quantitative estimate of drug-likeness (QED) is 0.845. The first-order chi connectivity index (χ1) is 8.40. The first kappa shape index (κ1) is 11.5. The smallest absolute Gasteiger partial charge is 0.126 e. The molecule has 0 unspecified atom stereocenters. The number of hydrogen-bond acceptors (Lipinski definition) is 4. The van der Waals surface area contributed by atoms with Gasteiger partial charge in [0.25, 0.3) is 0 Å². The van der Waals surface area contributed by atoms with Gasteiger partial charge < -0.3 is 10.5 Å². The highest BCUT2D eigenvalue weighted by Crippen LogP contribution is 2.15. The zero-order valence-electron chi connectivity index (χ0n) is 9.54. The van der Waals surface area contributed by atoms with Gasteiger partial charge in [-0.2, -0.15) is 0 Å². The molecule has 0 amide bonds. The molecule has 0 saturated carbocycles. The molecule has 0 aliphatic carbocycles. The van der Waals surface area contributed by atoms with Gasteiger partial charge in [-0.05, 0) is 18.2 Å². The Balaban J connectivity index is 1.90. The molecule has 0 spiro atoms. The molecular formula is C13H15N3O. The molecule has 2 heterocycles. The molecule has 2 rings (SSSR count). The fourth-order valence-corrected chi connectivity index (χ4v) is 1.52. The molecule has 2 aromatic heterocycles. The Kier molecular flexibility index (Phi) is 4.05. The van der Waals surface area contributed by atoms with E-state index in [0.717, 1.165) is 23.4 Å². The molecule has 0 fully saturated rings. The summed E-state index contributed by atoms with van der Waals surface area (Å²) in [4.78, 5) is 8.25. The highest BCUT2D eigenvalue weighted by Gasteiger charge is 2.01. The van der Waals surface area contributed by atoms with E-state index in [-0.39, 0.29) is 0 Å². The van der Waals surface area contributed by atoms with Crippen molar-refractivity contribution in [3.05, 3.63) is 54.1 Å². The van der Waals surface area contributed by atoms with Crippen LogP contribution in [0.4, 0.5) is 0 Å². The highest BCUT2D eigenvalue weighted by atomic mass is 16.5. The average molecular weight is 229 g/mol. The topological polar surface area (TPSA) is 61.0 Å². The Morgan fingerprint density at radius 2 is 2.12 bits per heavy atom. The van der Waals surface area contributed by atoms with E-state index in [9.17, 15) is 0 Å². The SMILES string of the molecule is NCc1cnccc1OCCc1ccccn1. The van der Waals surface area contributed by atoms with Crippen LogP contribution in [0.5, 0.6) is 5.75 Å². The Bertz CT molecular complexity index is 459. The largest absolute Gasteiger partial charge is 0.493 e. The first-order valence-corrected chi connectivity index (χ1v) is 5.56. The summed E-state index contributed by atoms with van der Waals surface area (Å²) in [5.74, 6) is 0.804. The Hall–Kier alpha value is -1.94. The van der Waals surface area contributed by atoms with Gasteiger partial charge in [-0.3, -0.25) is 9.97 Å². The lowest BCUT2D eigenvalue weighted by atomic mass is 10.2. The van der Waals surface area contributed by atoms with Gasteiger partial charge >= 0.3 is 0 Å². The van der Waals surface area contributed by atoms with Crippen LogP contribution in [0.25, 0.3) is 0 Å². The molecule has 0 radical (unpaired) electrons. The van der Waals surface area contributed by atoms with E-state index in [4.69, 9.17) is 10.5 Å². The van der Waals surface area contributed by atoms with Crippen LogP contribution in [-0.4, -0.2) is 16.6 Å². The summed E-state index contributed by atoms with van der Waals surface area (Å²) in [6, 6.07) is 7.69. The van der Waals surface area contributed by atoms with Crippen LogP contribution in [0.2, 0.25) is 0 Å². The minimum absolute atomic E-state index is 0.437. The van der Waals surface area contributed by atoms with Gasteiger partial charge in [-0.15, -0.1) is 0 Å². The van der Waals surface area contributed by atoms with E-state index in [2.05, 4.69) is 9.97 Å². The van der Waals surface area contributed by atoms with Crippen LogP contribution < -0.4 is 10.5 Å². The van der Waals surface area contributed by atoms with Crippen LogP contribution in [0, 0.1) is 0 Å². The maximum atomic E-state index is 5.67. The van der Waals surface area contributed by atoms with Crippen LogP contribution in [0.3, 0.4) is 0 Å². The van der Waals surface area contributed by atoms with Crippen LogP contribution in [0.1, 0.15) is 11.3 Å². The van der Waals surface area contributed by atoms with Crippen LogP contribution in [0.15, 0.2) is 42.9 Å². The summed E-state index contributed by atoms with van der Waals surface area (Å²) in [5.41, 5.74) is 7.55. The minimum atomic E-state index is 0.437. The fourth-order valence-electron chi connectivity index (χ4n) is 1.52. The molecule has 0 atom stereocenters.